The van der Waals surface area contributed by atoms with Crippen LogP contribution < -0.4 is 14.9 Å². The Balaban J connectivity index is 1.47. The molecule has 0 heterocycles. The lowest BCUT2D eigenvalue weighted by Gasteiger charge is -2.12. The van der Waals surface area contributed by atoms with Crippen LogP contribution in [0, 0.1) is 0 Å². The van der Waals surface area contributed by atoms with E-state index in [0.29, 0.717) is 40.9 Å². The van der Waals surface area contributed by atoms with E-state index in [0.717, 1.165) is 11.1 Å². The van der Waals surface area contributed by atoms with Crippen molar-refractivity contribution in [2.75, 3.05) is 0 Å². The van der Waals surface area contributed by atoms with Crippen molar-refractivity contribution in [3.05, 3.63) is 130 Å². The summed E-state index contributed by atoms with van der Waals surface area (Å²) in [5.41, 5.74) is 5.81. The monoisotopic (exact) mass is 470 g/mol. The normalized spacial score (nSPS) is 10.7. The summed E-state index contributed by atoms with van der Waals surface area (Å²) < 4.78 is 12.0. The zero-order chi connectivity index (χ0) is 23.6. The number of nitrogens with zero attached hydrogens (tertiary/aromatic N) is 1. The summed E-state index contributed by atoms with van der Waals surface area (Å²) in [6.07, 6.45) is 1.55. The Hall–Kier alpha value is -4.09. The smallest absolute Gasteiger partial charge is 0.271 e. The Morgan fingerprint density at radius 2 is 1.41 bits per heavy atom. The number of hydrogen-bond donors (Lipinski definition) is 1. The van der Waals surface area contributed by atoms with Crippen molar-refractivity contribution in [1.82, 2.24) is 5.43 Å². The first kappa shape index (κ1) is 23.1. The molecule has 34 heavy (non-hydrogen) atoms. The lowest BCUT2D eigenvalue weighted by Crippen LogP contribution is -2.17. The number of ether oxygens (including phenoxy) is 2. The Morgan fingerprint density at radius 3 is 2.06 bits per heavy atom. The van der Waals surface area contributed by atoms with Gasteiger partial charge in [-0.25, -0.2) is 5.43 Å². The lowest BCUT2D eigenvalue weighted by atomic mass is 10.2. The molecular weight excluding hydrogens is 448 g/mol. The van der Waals surface area contributed by atoms with Crippen molar-refractivity contribution in [2.24, 2.45) is 5.10 Å². The molecule has 0 saturated carbocycles. The first-order valence-electron chi connectivity index (χ1n) is 10.7. The highest BCUT2D eigenvalue weighted by Gasteiger charge is 2.08. The summed E-state index contributed by atoms with van der Waals surface area (Å²) in [7, 11) is 0. The van der Waals surface area contributed by atoms with Gasteiger partial charge in [0.05, 0.1) is 6.21 Å². The molecule has 170 valence electrons. The van der Waals surface area contributed by atoms with E-state index >= 15 is 0 Å². The predicted molar refractivity (Wildman–Crippen MR) is 135 cm³/mol. The minimum absolute atomic E-state index is 0.331. The summed E-state index contributed by atoms with van der Waals surface area (Å²) in [6.45, 7) is 0.838. The van der Waals surface area contributed by atoms with Crippen molar-refractivity contribution in [1.29, 1.82) is 0 Å². The Kier molecular flexibility index (Phi) is 7.93. The molecule has 4 aromatic carbocycles. The number of carbonyl (C=O) groups is 1. The maximum atomic E-state index is 12.3. The average Bonchev–Trinajstić information content (AvgIpc) is 2.88. The van der Waals surface area contributed by atoms with Crippen LogP contribution in [0.4, 0.5) is 0 Å². The van der Waals surface area contributed by atoms with Crippen molar-refractivity contribution >= 4 is 23.7 Å². The van der Waals surface area contributed by atoms with Crippen LogP contribution in [0.3, 0.4) is 0 Å². The van der Waals surface area contributed by atoms with Gasteiger partial charge in [0, 0.05) is 22.2 Å². The molecule has 0 aliphatic heterocycles. The van der Waals surface area contributed by atoms with Crippen LogP contribution in [0.1, 0.15) is 27.0 Å². The molecule has 5 nitrogen and oxygen atoms in total. The SMILES string of the molecule is O=C(N/N=C\c1ccc(OCc2ccccc2)cc1OCc1ccccc1)c1ccc(Cl)cc1. The van der Waals surface area contributed by atoms with Gasteiger partial charge in [0.1, 0.15) is 24.7 Å². The third-order valence-corrected chi connectivity index (χ3v) is 5.20. The van der Waals surface area contributed by atoms with E-state index in [1.54, 1.807) is 30.5 Å². The number of halogens is 1. The Labute approximate surface area is 203 Å². The quantitative estimate of drug-likeness (QED) is 0.232. The van der Waals surface area contributed by atoms with Crippen molar-refractivity contribution in [2.45, 2.75) is 13.2 Å². The van der Waals surface area contributed by atoms with Gasteiger partial charge in [-0.1, -0.05) is 72.3 Å². The maximum Gasteiger partial charge on any atom is 0.271 e. The van der Waals surface area contributed by atoms with Crippen LogP contribution in [0.2, 0.25) is 5.02 Å². The van der Waals surface area contributed by atoms with Gasteiger partial charge >= 0.3 is 0 Å². The molecule has 0 fully saturated rings. The number of rotatable bonds is 9. The molecule has 4 rings (SSSR count). The number of benzene rings is 4. The molecule has 0 atom stereocenters. The first-order valence-corrected chi connectivity index (χ1v) is 11.1. The largest absolute Gasteiger partial charge is 0.489 e. The molecule has 0 aromatic heterocycles. The average molecular weight is 471 g/mol. The van der Waals surface area contributed by atoms with E-state index in [4.69, 9.17) is 21.1 Å². The third-order valence-electron chi connectivity index (χ3n) is 4.95. The van der Waals surface area contributed by atoms with Crippen molar-refractivity contribution in [3.63, 3.8) is 0 Å². The summed E-state index contributed by atoms with van der Waals surface area (Å²) in [4.78, 5) is 12.3. The van der Waals surface area contributed by atoms with Gasteiger partial charge in [0.25, 0.3) is 5.91 Å². The van der Waals surface area contributed by atoms with E-state index in [9.17, 15) is 4.79 Å². The summed E-state index contributed by atoms with van der Waals surface area (Å²) in [5.74, 6) is 0.940. The Morgan fingerprint density at radius 1 is 0.794 bits per heavy atom. The van der Waals surface area contributed by atoms with E-state index in [1.807, 2.05) is 78.9 Å². The standard InChI is InChI=1S/C28H23ClN2O3/c29-25-14-11-23(12-15-25)28(32)31-30-18-24-13-16-26(33-19-21-7-3-1-4-8-21)17-27(24)34-20-22-9-5-2-6-10-22/h1-18H,19-20H2,(H,31,32)/b30-18-. The number of nitrogens with one attached hydrogen (secondary N) is 1. The highest BCUT2D eigenvalue weighted by Crippen LogP contribution is 2.25. The highest BCUT2D eigenvalue weighted by molar-refractivity contribution is 6.30. The van der Waals surface area contributed by atoms with Crippen LogP contribution in [0.15, 0.2) is 108 Å². The van der Waals surface area contributed by atoms with Crippen LogP contribution in [-0.4, -0.2) is 12.1 Å². The summed E-state index contributed by atoms with van der Waals surface area (Å²) in [5, 5.41) is 4.67. The van der Waals surface area contributed by atoms with Crippen molar-refractivity contribution < 1.29 is 14.3 Å². The fourth-order valence-corrected chi connectivity index (χ4v) is 3.26. The molecule has 0 aliphatic rings. The first-order chi connectivity index (χ1) is 16.7. The highest BCUT2D eigenvalue weighted by atomic mass is 35.5. The second-order valence-electron chi connectivity index (χ2n) is 7.45. The van der Waals surface area contributed by atoms with Crippen LogP contribution >= 0.6 is 11.6 Å². The van der Waals surface area contributed by atoms with E-state index in [2.05, 4.69) is 10.5 Å². The van der Waals surface area contributed by atoms with Crippen LogP contribution in [0.25, 0.3) is 0 Å². The minimum atomic E-state index is -0.331. The zero-order valence-electron chi connectivity index (χ0n) is 18.4. The lowest BCUT2D eigenvalue weighted by molar-refractivity contribution is 0.0955. The van der Waals surface area contributed by atoms with Gasteiger partial charge in [0.2, 0.25) is 0 Å². The summed E-state index contributed by atoms with van der Waals surface area (Å²) >= 11 is 5.88. The second-order valence-corrected chi connectivity index (χ2v) is 7.89. The predicted octanol–water partition coefficient (Wildman–Crippen LogP) is 6.26. The van der Waals surface area contributed by atoms with Gasteiger partial charge in [-0.15, -0.1) is 0 Å². The fraction of sp³-hybridized carbons (Fsp3) is 0.0714. The van der Waals surface area contributed by atoms with Crippen LogP contribution in [-0.2, 0) is 13.2 Å². The molecule has 0 spiro atoms. The number of hydrazone groups is 1. The number of amides is 1. The zero-order valence-corrected chi connectivity index (χ0v) is 19.1. The maximum absolute atomic E-state index is 12.3. The van der Waals surface area contributed by atoms with Crippen LogP contribution in [0.5, 0.6) is 11.5 Å². The topological polar surface area (TPSA) is 59.9 Å². The second kappa shape index (κ2) is 11.7. The minimum Gasteiger partial charge on any atom is -0.489 e. The molecule has 0 radical (unpaired) electrons. The number of carbonyl (C=O) groups excluding carboxylic acids is 1. The molecule has 1 N–H and O–H groups in total. The molecule has 0 saturated heterocycles. The van der Waals surface area contributed by atoms with E-state index in [1.165, 1.54) is 0 Å². The molecule has 1 amide bonds. The molecular formula is C28H23ClN2O3. The van der Waals surface area contributed by atoms with Gasteiger partial charge < -0.3 is 9.47 Å². The van der Waals surface area contributed by atoms with Crippen molar-refractivity contribution in [3.8, 4) is 11.5 Å². The van der Waals surface area contributed by atoms with E-state index in [-0.39, 0.29) is 5.91 Å². The van der Waals surface area contributed by atoms with E-state index < -0.39 is 0 Å². The van der Waals surface area contributed by atoms with Gasteiger partial charge in [-0.3, -0.25) is 4.79 Å². The molecule has 6 heteroatoms. The summed E-state index contributed by atoms with van der Waals surface area (Å²) in [6, 6.07) is 31.9. The van der Waals surface area contributed by atoms with Gasteiger partial charge in [-0.05, 0) is 47.5 Å². The molecule has 4 aromatic rings. The molecule has 0 bridgehead atoms. The Bertz CT molecular complexity index is 1240. The molecule has 0 aliphatic carbocycles. The van der Waals surface area contributed by atoms with Gasteiger partial charge in [-0.2, -0.15) is 5.10 Å². The molecule has 0 unspecified atom stereocenters. The van der Waals surface area contributed by atoms with Gasteiger partial charge in [0.15, 0.2) is 0 Å². The fourth-order valence-electron chi connectivity index (χ4n) is 3.14. The third kappa shape index (κ3) is 6.70. The number of hydrogen-bond acceptors (Lipinski definition) is 4.